The molecule has 2 aliphatic rings. The van der Waals surface area contributed by atoms with Gasteiger partial charge < -0.3 is 10.6 Å². The molecule has 3 heteroatoms. The lowest BCUT2D eigenvalue weighted by Gasteiger charge is -2.33. The molecule has 86 valence electrons. The van der Waals surface area contributed by atoms with Crippen LogP contribution >= 0.6 is 0 Å². The first-order chi connectivity index (χ1) is 7.31. The first kappa shape index (κ1) is 10.9. The zero-order valence-corrected chi connectivity index (χ0v) is 9.59. The molecule has 1 aliphatic heterocycles. The SMILES string of the molecule is CNC(C1CCCCC1)C1CNC(=O)C1. The second kappa shape index (κ2) is 4.97. The highest BCUT2D eigenvalue weighted by molar-refractivity contribution is 5.78. The average molecular weight is 210 g/mol. The molecule has 2 fully saturated rings. The third-order valence-corrected chi connectivity index (χ3v) is 4.01. The fourth-order valence-electron chi connectivity index (χ4n) is 3.23. The third-order valence-electron chi connectivity index (χ3n) is 4.01. The van der Waals surface area contributed by atoms with Gasteiger partial charge in [0.25, 0.3) is 0 Å². The maximum atomic E-state index is 11.2. The van der Waals surface area contributed by atoms with Crippen molar-refractivity contribution in [2.75, 3.05) is 13.6 Å². The van der Waals surface area contributed by atoms with Crippen molar-refractivity contribution in [3.05, 3.63) is 0 Å². The Morgan fingerprint density at radius 1 is 1.27 bits per heavy atom. The number of hydrogen-bond acceptors (Lipinski definition) is 2. The van der Waals surface area contributed by atoms with Gasteiger partial charge in [-0.3, -0.25) is 4.79 Å². The van der Waals surface area contributed by atoms with Crippen LogP contribution in [0.1, 0.15) is 38.5 Å². The molecule has 1 amide bonds. The summed E-state index contributed by atoms with van der Waals surface area (Å²) in [6.45, 7) is 0.876. The van der Waals surface area contributed by atoms with Gasteiger partial charge in [0.15, 0.2) is 0 Å². The van der Waals surface area contributed by atoms with Gasteiger partial charge in [-0.1, -0.05) is 19.3 Å². The van der Waals surface area contributed by atoms with E-state index in [-0.39, 0.29) is 5.91 Å². The normalized spacial score (nSPS) is 30.2. The van der Waals surface area contributed by atoms with Crippen LogP contribution in [0.3, 0.4) is 0 Å². The molecule has 2 atom stereocenters. The summed E-state index contributed by atoms with van der Waals surface area (Å²) in [5, 5.41) is 6.39. The van der Waals surface area contributed by atoms with E-state index in [2.05, 4.69) is 10.6 Å². The summed E-state index contributed by atoms with van der Waals surface area (Å²) < 4.78 is 0. The van der Waals surface area contributed by atoms with Gasteiger partial charge in [-0.15, -0.1) is 0 Å². The molecule has 3 nitrogen and oxygen atoms in total. The molecule has 2 unspecified atom stereocenters. The highest BCUT2D eigenvalue weighted by atomic mass is 16.1. The average Bonchev–Trinajstić information content (AvgIpc) is 2.68. The Kier molecular flexibility index (Phi) is 3.62. The van der Waals surface area contributed by atoms with Gasteiger partial charge in [0.05, 0.1) is 0 Å². The van der Waals surface area contributed by atoms with E-state index in [9.17, 15) is 4.79 Å². The largest absolute Gasteiger partial charge is 0.356 e. The summed E-state index contributed by atoms with van der Waals surface area (Å²) in [5.74, 6) is 1.54. The van der Waals surface area contributed by atoms with E-state index in [0.29, 0.717) is 12.0 Å². The smallest absolute Gasteiger partial charge is 0.220 e. The summed E-state index contributed by atoms with van der Waals surface area (Å²) in [6, 6.07) is 0.546. The summed E-state index contributed by atoms with van der Waals surface area (Å²) in [7, 11) is 2.04. The minimum absolute atomic E-state index is 0.232. The van der Waals surface area contributed by atoms with E-state index in [0.717, 1.165) is 18.9 Å². The van der Waals surface area contributed by atoms with Crippen LogP contribution in [-0.4, -0.2) is 25.5 Å². The van der Waals surface area contributed by atoms with Crippen LogP contribution in [0.2, 0.25) is 0 Å². The van der Waals surface area contributed by atoms with Crippen molar-refractivity contribution in [1.82, 2.24) is 10.6 Å². The van der Waals surface area contributed by atoms with Crippen LogP contribution in [0, 0.1) is 11.8 Å². The molecule has 2 rings (SSSR count). The maximum absolute atomic E-state index is 11.2. The maximum Gasteiger partial charge on any atom is 0.220 e. The molecule has 1 saturated carbocycles. The summed E-state index contributed by atoms with van der Waals surface area (Å²) in [4.78, 5) is 11.2. The zero-order valence-electron chi connectivity index (χ0n) is 9.59. The van der Waals surface area contributed by atoms with E-state index in [1.54, 1.807) is 0 Å². The van der Waals surface area contributed by atoms with E-state index in [1.807, 2.05) is 7.05 Å². The lowest BCUT2D eigenvalue weighted by molar-refractivity contribution is -0.119. The number of hydrogen-bond donors (Lipinski definition) is 2. The topological polar surface area (TPSA) is 41.1 Å². The van der Waals surface area contributed by atoms with Crippen molar-refractivity contribution in [3.63, 3.8) is 0 Å². The van der Waals surface area contributed by atoms with Gasteiger partial charge in [-0.2, -0.15) is 0 Å². The first-order valence-electron chi connectivity index (χ1n) is 6.25. The van der Waals surface area contributed by atoms with Crippen molar-refractivity contribution >= 4 is 5.91 Å². The van der Waals surface area contributed by atoms with Crippen molar-refractivity contribution in [2.45, 2.75) is 44.6 Å². The van der Waals surface area contributed by atoms with Crippen LogP contribution in [0.5, 0.6) is 0 Å². The van der Waals surface area contributed by atoms with Gasteiger partial charge in [-0.05, 0) is 25.8 Å². The lowest BCUT2D eigenvalue weighted by atomic mass is 9.78. The van der Waals surface area contributed by atoms with E-state index >= 15 is 0 Å². The Balaban J connectivity index is 1.93. The van der Waals surface area contributed by atoms with Gasteiger partial charge in [-0.25, -0.2) is 0 Å². The van der Waals surface area contributed by atoms with Crippen LogP contribution in [0.4, 0.5) is 0 Å². The second-order valence-corrected chi connectivity index (χ2v) is 4.98. The molecule has 1 aliphatic carbocycles. The lowest BCUT2D eigenvalue weighted by Crippen LogP contribution is -2.42. The molecule has 15 heavy (non-hydrogen) atoms. The third kappa shape index (κ3) is 2.51. The molecule has 1 heterocycles. The second-order valence-electron chi connectivity index (χ2n) is 4.98. The molecular weight excluding hydrogens is 188 g/mol. The monoisotopic (exact) mass is 210 g/mol. The number of rotatable bonds is 3. The van der Waals surface area contributed by atoms with Gasteiger partial charge in [0.1, 0.15) is 0 Å². The van der Waals surface area contributed by atoms with Crippen molar-refractivity contribution in [1.29, 1.82) is 0 Å². The summed E-state index contributed by atoms with van der Waals surface area (Å²) >= 11 is 0. The van der Waals surface area contributed by atoms with E-state index in [1.165, 1.54) is 32.1 Å². The Hall–Kier alpha value is -0.570. The summed E-state index contributed by atoms with van der Waals surface area (Å²) in [5.41, 5.74) is 0. The standard InChI is InChI=1S/C12H22N2O/c1-13-12(9-5-3-2-4-6-9)10-7-11(15)14-8-10/h9-10,12-13H,2-8H2,1H3,(H,14,15). The predicted molar refractivity (Wildman–Crippen MR) is 60.5 cm³/mol. The molecule has 0 aromatic rings. The Labute approximate surface area is 92.0 Å². The molecule has 2 N–H and O–H groups in total. The zero-order chi connectivity index (χ0) is 10.7. The molecular formula is C12H22N2O. The molecule has 0 aromatic heterocycles. The van der Waals surface area contributed by atoms with Crippen molar-refractivity contribution in [2.24, 2.45) is 11.8 Å². The number of carbonyl (C=O) groups excluding carboxylic acids is 1. The first-order valence-corrected chi connectivity index (χ1v) is 6.25. The molecule has 0 aromatic carbocycles. The highest BCUT2D eigenvalue weighted by Gasteiger charge is 2.33. The minimum Gasteiger partial charge on any atom is -0.356 e. The molecule has 1 saturated heterocycles. The number of amides is 1. The Morgan fingerprint density at radius 3 is 2.53 bits per heavy atom. The quantitative estimate of drug-likeness (QED) is 0.737. The highest BCUT2D eigenvalue weighted by Crippen LogP contribution is 2.31. The van der Waals surface area contributed by atoms with Crippen molar-refractivity contribution < 1.29 is 4.79 Å². The Bertz CT molecular complexity index is 224. The Morgan fingerprint density at radius 2 is 2.00 bits per heavy atom. The number of carbonyl (C=O) groups is 1. The van der Waals surface area contributed by atoms with Crippen LogP contribution in [0.25, 0.3) is 0 Å². The van der Waals surface area contributed by atoms with Crippen LogP contribution < -0.4 is 10.6 Å². The van der Waals surface area contributed by atoms with Gasteiger partial charge in [0, 0.05) is 24.9 Å². The molecule has 0 bridgehead atoms. The van der Waals surface area contributed by atoms with Crippen LogP contribution in [0.15, 0.2) is 0 Å². The fourth-order valence-corrected chi connectivity index (χ4v) is 3.23. The molecule has 0 radical (unpaired) electrons. The van der Waals surface area contributed by atoms with E-state index in [4.69, 9.17) is 0 Å². The fraction of sp³-hybridized carbons (Fsp3) is 0.917. The van der Waals surface area contributed by atoms with Gasteiger partial charge in [0.2, 0.25) is 5.91 Å². The van der Waals surface area contributed by atoms with E-state index < -0.39 is 0 Å². The summed E-state index contributed by atoms with van der Waals surface area (Å²) in [6.07, 6.45) is 7.55. The minimum atomic E-state index is 0.232. The van der Waals surface area contributed by atoms with Crippen molar-refractivity contribution in [3.8, 4) is 0 Å². The number of nitrogens with one attached hydrogen (secondary N) is 2. The molecule has 0 spiro atoms. The predicted octanol–water partition coefficient (Wildman–Crippen LogP) is 1.29. The van der Waals surface area contributed by atoms with Crippen LogP contribution in [-0.2, 0) is 4.79 Å². The van der Waals surface area contributed by atoms with Gasteiger partial charge >= 0.3 is 0 Å².